The van der Waals surface area contributed by atoms with Gasteiger partial charge in [0.2, 0.25) is 0 Å². The van der Waals surface area contributed by atoms with E-state index in [4.69, 9.17) is 16.7 Å². The first kappa shape index (κ1) is 21.3. The van der Waals surface area contributed by atoms with Gasteiger partial charge in [-0.2, -0.15) is 16.9 Å². The minimum Gasteiger partial charge on any atom is -0.340 e. The molecule has 0 amide bonds. The number of anilines is 2. The molecule has 0 atom stereocenters. The smallest absolute Gasteiger partial charge is 0.142 e. The maximum Gasteiger partial charge on any atom is 0.142 e. The van der Waals surface area contributed by atoms with Crippen molar-refractivity contribution in [3.63, 3.8) is 0 Å². The van der Waals surface area contributed by atoms with Crippen LogP contribution in [0, 0.1) is 5.82 Å². The molecule has 170 valence electrons. The summed E-state index contributed by atoms with van der Waals surface area (Å²) in [6.07, 6.45) is 5.56. The van der Waals surface area contributed by atoms with Gasteiger partial charge < -0.3 is 5.32 Å². The molecule has 10 heteroatoms. The number of fused-ring (bicyclic) bond motifs is 5. The second kappa shape index (κ2) is 8.87. The molecule has 0 bridgehead atoms. The van der Waals surface area contributed by atoms with E-state index in [0.29, 0.717) is 5.69 Å². The fourth-order valence-corrected chi connectivity index (χ4v) is 6.90. The third-order valence-corrected chi connectivity index (χ3v) is 8.62. The molecule has 4 heterocycles. The molecule has 1 fully saturated rings. The molecule has 1 aromatic carbocycles. The Morgan fingerprint density at radius 1 is 1.12 bits per heavy atom. The van der Waals surface area contributed by atoms with Crippen LogP contribution in [0.15, 0.2) is 30.7 Å². The summed E-state index contributed by atoms with van der Waals surface area (Å²) >= 11 is 9.69. The Morgan fingerprint density at radius 3 is 2.85 bits per heavy atom. The van der Waals surface area contributed by atoms with Crippen LogP contribution in [0.1, 0.15) is 11.3 Å². The molecule has 3 aromatic heterocycles. The summed E-state index contributed by atoms with van der Waals surface area (Å²) < 4.78 is 15.7. The summed E-state index contributed by atoms with van der Waals surface area (Å²) in [6.45, 7) is 4.29. The lowest BCUT2D eigenvalue weighted by atomic mass is 9.95. The van der Waals surface area contributed by atoms with Gasteiger partial charge in [0.1, 0.15) is 22.8 Å². The molecule has 2 aliphatic rings. The van der Waals surface area contributed by atoms with Gasteiger partial charge in [0.15, 0.2) is 0 Å². The lowest BCUT2D eigenvalue weighted by molar-refractivity contribution is 0.284. The third kappa shape index (κ3) is 4.12. The number of thiophene rings is 1. The van der Waals surface area contributed by atoms with E-state index in [-0.39, 0.29) is 5.02 Å². The van der Waals surface area contributed by atoms with Crippen molar-refractivity contribution in [3.8, 4) is 10.4 Å². The number of thioether (sulfide) groups is 1. The fraction of sp³-hybridized carbons (Fsp3) is 0.348. The molecule has 33 heavy (non-hydrogen) atoms. The fourth-order valence-electron chi connectivity index (χ4n) is 4.51. The van der Waals surface area contributed by atoms with E-state index >= 15 is 0 Å². The van der Waals surface area contributed by atoms with Gasteiger partial charge in [-0.1, -0.05) is 11.6 Å². The molecule has 1 N–H and O–H groups in total. The molecule has 0 radical (unpaired) electrons. The van der Waals surface area contributed by atoms with Crippen LogP contribution in [-0.4, -0.2) is 55.8 Å². The maximum absolute atomic E-state index is 13.6. The van der Waals surface area contributed by atoms with Crippen molar-refractivity contribution in [2.24, 2.45) is 0 Å². The topological polar surface area (TPSA) is 58.9 Å². The van der Waals surface area contributed by atoms with Gasteiger partial charge >= 0.3 is 0 Å². The van der Waals surface area contributed by atoms with E-state index in [1.165, 1.54) is 46.7 Å². The van der Waals surface area contributed by atoms with Crippen LogP contribution in [0.3, 0.4) is 0 Å². The Balaban J connectivity index is 1.31. The molecule has 1 aliphatic heterocycles. The summed E-state index contributed by atoms with van der Waals surface area (Å²) in [5, 5.41) is 9.33. The van der Waals surface area contributed by atoms with E-state index < -0.39 is 5.82 Å². The summed E-state index contributed by atoms with van der Waals surface area (Å²) in [6, 6.07) is 4.60. The van der Waals surface area contributed by atoms with Crippen LogP contribution in [0.4, 0.5) is 15.9 Å². The van der Waals surface area contributed by atoms with Gasteiger partial charge in [0.25, 0.3) is 0 Å². The highest BCUT2D eigenvalue weighted by Gasteiger charge is 2.26. The summed E-state index contributed by atoms with van der Waals surface area (Å²) in [5.74, 6) is 2.73. The van der Waals surface area contributed by atoms with Gasteiger partial charge in [0.05, 0.1) is 22.6 Å². The third-order valence-electron chi connectivity index (χ3n) is 6.21. The van der Waals surface area contributed by atoms with E-state index in [1.54, 1.807) is 29.8 Å². The number of benzene rings is 1. The quantitative estimate of drug-likeness (QED) is 0.404. The van der Waals surface area contributed by atoms with Crippen molar-refractivity contribution in [3.05, 3.63) is 52.8 Å². The SMILES string of the molecule is Fc1ccc(Nc2ncnc3sc4c(c23)CCc2nn(CCN3CCSCC3)cc2-4)cc1Cl. The van der Waals surface area contributed by atoms with Gasteiger partial charge in [-0.25, -0.2) is 14.4 Å². The Morgan fingerprint density at radius 2 is 2.00 bits per heavy atom. The van der Waals surface area contributed by atoms with E-state index in [9.17, 15) is 4.39 Å². The first-order chi connectivity index (χ1) is 16.2. The second-order valence-corrected chi connectivity index (χ2v) is 10.9. The zero-order valence-electron chi connectivity index (χ0n) is 17.9. The van der Waals surface area contributed by atoms with Crippen LogP contribution in [-0.2, 0) is 19.4 Å². The van der Waals surface area contributed by atoms with Crippen LogP contribution >= 0.6 is 34.7 Å². The standard InChI is InChI=1S/C23H22ClFN6S2/c24-17-11-14(1-3-18(17)25)28-22-20-15-2-4-19-16(21(15)33-23(20)27-13-26-22)12-31(29-19)6-5-30-7-9-32-10-8-30/h1,3,11-13H,2,4-10H2,(H,26,27,28). The normalized spacial score (nSPS) is 16.1. The number of hydrogen-bond donors (Lipinski definition) is 1. The van der Waals surface area contributed by atoms with Gasteiger partial charge in [-0.05, 0) is 36.6 Å². The number of rotatable bonds is 5. The summed E-state index contributed by atoms with van der Waals surface area (Å²) in [7, 11) is 0. The zero-order valence-corrected chi connectivity index (χ0v) is 20.2. The van der Waals surface area contributed by atoms with E-state index in [0.717, 1.165) is 47.7 Å². The lowest BCUT2D eigenvalue weighted by Gasteiger charge is -2.25. The van der Waals surface area contributed by atoms with Crippen molar-refractivity contribution < 1.29 is 4.39 Å². The molecular weight excluding hydrogens is 479 g/mol. The molecule has 4 aromatic rings. The average molecular weight is 501 g/mol. The minimum atomic E-state index is -0.438. The lowest BCUT2D eigenvalue weighted by Crippen LogP contribution is -2.35. The number of halogens is 2. The van der Waals surface area contributed by atoms with Crippen molar-refractivity contribution in [2.75, 3.05) is 36.5 Å². The Labute approximate surface area is 204 Å². The van der Waals surface area contributed by atoms with E-state index in [1.807, 2.05) is 11.8 Å². The largest absolute Gasteiger partial charge is 0.340 e. The Hall–Kier alpha value is -2.20. The molecular formula is C23H22ClFN6S2. The number of aromatic nitrogens is 4. The maximum atomic E-state index is 13.6. The van der Waals surface area contributed by atoms with Gasteiger partial charge in [-0.15, -0.1) is 11.3 Å². The molecule has 0 spiro atoms. The highest BCUT2D eigenvalue weighted by Crippen LogP contribution is 2.45. The predicted molar refractivity (Wildman–Crippen MR) is 135 cm³/mol. The highest BCUT2D eigenvalue weighted by atomic mass is 35.5. The molecule has 6 rings (SSSR count). The summed E-state index contributed by atoms with van der Waals surface area (Å²) in [5.41, 5.74) is 4.33. The molecule has 0 unspecified atom stereocenters. The molecule has 1 saturated heterocycles. The minimum absolute atomic E-state index is 0.0815. The number of nitrogens with zero attached hydrogens (tertiary/aromatic N) is 5. The average Bonchev–Trinajstić information content (AvgIpc) is 3.42. The second-order valence-electron chi connectivity index (χ2n) is 8.27. The Bertz CT molecular complexity index is 1330. The highest BCUT2D eigenvalue weighted by molar-refractivity contribution is 7.99. The number of nitrogens with one attached hydrogen (secondary N) is 1. The predicted octanol–water partition coefficient (Wildman–Crippen LogP) is 5.24. The first-order valence-corrected chi connectivity index (χ1v) is 13.4. The monoisotopic (exact) mass is 500 g/mol. The van der Waals surface area contributed by atoms with Crippen LogP contribution in [0.2, 0.25) is 5.02 Å². The van der Waals surface area contributed by atoms with Crippen LogP contribution in [0.5, 0.6) is 0 Å². The van der Waals surface area contributed by atoms with Crippen molar-refractivity contribution >= 4 is 56.4 Å². The zero-order chi connectivity index (χ0) is 22.4. The van der Waals surface area contributed by atoms with Gasteiger partial charge in [-0.3, -0.25) is 9.58 Å². The van der Waals surface area contributed by atoms with Crippen LogP contribution < -0.4 is 5.32 Å². The van der Waals surface area contributed by atoms with Crippen molar-refractivity contribution in [1.29, 1.82) is 0 Å². The summed E-state index contributed by atoms with van der Waals surface area (Å²) in [4.78, 5) is 13.7. The molecule has 0 saturated carbocycles. The molecule has 6 nitrogen and oxygen atoms in total. The van der Waals surface area contributed by atoms with Crippen molar-refractivity contribution in [2.45, 2.75) is 19.4 Å². The van der Waals surface area contributed by atoms with Gasteiger partial charge in [0, 0.05) is 53.5 Å². The van der Waals surface area contributed by atoms with E-state index in [2.05, 4.69) is 31.1 Å². The first-order valence-electron chi connectivity index (χ1n) is 11.0. The number of aryl methyl sites for hydroxylation is 2. The van der Waals surface area contributed by atoms with Crippen molar-refractivity contribution in [1.82, 2.24) is 24.6 Å². The Kier molecular flexibility index (Phi) is 5.73. The van der Waals surface area contributed by atoms with Crippen LogP contribution in [0.25, 0.3) is 20.7 Å². The molecule has 1 aliphatic carbocycles. The number of hydrogen-bond acceptors (Lipinski definition) is 7.